The molecule has 6 nitrogen and oxygen atoms in total. The smallest absolute Gasteiger partial charge is 0.120 e. The van der Waals surface area contributed by atoms with Crippen LogP contribution < -0.4 is 18.9 Å². The maximum absolute atomic E-state index is 9.97. The van der Waals surface area contributed by atoms with Crippen molar-refractivity contribution in [3.05, 3.63) is 48.5 Å². The minimum absolute atomic E-state index is 0.104. The molecule has 2 N–H and O–H groups in total. The first-order valence-electron chi connectivity index (χ1n) is 11.6. The highest BCUT2D eigenvalue weighted by Crippen LogP contribution is 2.27. The molecule has 0 aliphatic carbocycles. The lowest BCUT2D eigenvalue weighted by atomic mass is 9.92. The van der Waals surface area contributed by atoms with Gasteiger partial charge in [-0.15, -0.1) is 0 Å². The number of aliphatic hydroxyl groups excluding tert-OH is 2. The molecule has 0 saturated heterocycles. The molecule has 33 heavy (non-hydrogen) atoms. The number of hydrogen-bond donors (Lipinski definition) is 2. The molecule has 0 heterocycles. The summed E-state index contributed by atoms with van der Waals surface area (Å²) in [6, 6.07) is 14.7. The molecule has 2 rings (SSSR count). The SMILES string of the molecule is CCC(C)(C)Oc1ccc(OCC(CO)(CO)COc2ccc(OC(C)(C)CC)cc2)cc1. The Balaban J connectivity index is 1.94. The molecule has 2 aromatic rings. The number of aliphatic hydroxyl groups is 2. The van der Waals surface area contributed by atoms with Gasteiger partial charge < -0.3 is 29.2 Å². The van der Waals surface area contributed by atoms with E-state index in [2.05, 4.69) is 13.8 Å². The third kappa shape index (κ3) is 8.45. The summed E-state index contributed by atoms with van der Waals surface area (Å²) in [7, 11) is 0. The van der Waals surface area contributed by atoms with Crippen molar-refractivity contribution >= 4 is 0 Å². The Hall–Kier alpha value is -2.44. The van der Waals surface area contributed by atoms with E-state index in [1.54, 1.807) is 0 Å². The minimum atomic E-state index is -0.946. The predicted octanol–water partition coefficient (Wildman–Crippen LogP) is 5.25. The highest BCUT2D eigenvalue weighted by atomic mass is 16.5. The summed E-state index contributed by atoms with van der Waals surface area (Å²) in [4.78, 5) is 0. The van der Waals surface area contributed by atoms with E-state index in [1.807, 2.05) is 76.2 Å². The van der Waals surface area contributed by atoms with Crippen LogP contribution in [0, 0.1) is 5.41 Å². The molecule has 0 bridgehead atoms. The second-order valence-corrected chi connectivity index (χ2v) is 9.77. The summed E-state index contributed by atoms with van der Waals surface area (Å²) >= 11 is 0. The van der Waals surface area contributed by atoms with Crippen LogP contribution in [0.25, 0.3) is 0 Å². The van der Waals surface area contributed by atoms with Crippen LogP contribution in [0.4, 0.5) is 0 Å². The topological polar surface area (TPSA) is 77.4 Å². The van der Waals surface area contributed by atoms with Gasteiger partial charge in [-0.05, 0) is 89.1 Å². The minimum Gasteiger partial charge on any atom is -0.493 e. The molecule has 0 radical (unpaired) electrons. The molecule has 0 aliphatic heterocycles. The van der Waals surface area contributed by atoms with Crippen LogP contribution in [0.15, 0.2) is 48.5 Å². The molecular weight excluding hydrogens is 420 g/mol. The largest absolute Gasteiger partial charge is 0.493 e. The molecule has 0 unspecified atom stereocenters. The average Bonchev–Trinajstić information content (AvgIpc) is 2.81. The van der Waals surface area contributed by atoms with Gasteiger partial charge in [-0.2, -0.15) is 0 Å². The third-order valence-corrected chi connectivity index (χ3v) is 5.90. The van der Waals surface area contributed by atoms with Gasteiger partial charge in [0.25, 0.3) is 0 Å². The summed E-state index contributed by atoms with van der Waals surface area (Å²) in [6.07, 6.45) is 1.79. The second-order valence-electron chi connectivity index (χ2n) is 9.77. The van der Waals surface area contributed by atoms with E-state index in [0.717, 1.165) is 24.3 Å². The normalized spacial score (nSPS) is 12.4. The summed E-state index contributed by atoms with van der Waals surface area (Å²) in [5.41, 5.74) is -1.42. The van der Waals surface area contributed by atoms with E-state index in [1.165, 1.54) is 0 Å². The Labute approximate surface area is 198 Å². The van der Waals surface area contributed by atoms with Crippen LogP contribution >= 0.6 is 0 Å². The van der Waals surface area contributed by atoms with Crippen LogP contribution in [0.5, 0.6) is 23.0 Å². The fraction of sp³-hybridized carbons (Fsp3) is 0.556. The Morgan fingerprint density at radius 3 is 1.15 bits per heavy atom. The highest BCUT2D eigenvalue weighted by molar-refractivity contribution is 5.32. The second kappa shape index (κ2) is 11.6. The summed E-state index contributed by atoms with van der Waals surface area (Å²) in [6.45, 7) is 12.0. The predicted molar refractivity (Wildman–Crippen MR) is 130 cm³/mol. The van der Waals surface area contributed by atoms with Crippen molar-refractivity contribution in [3.63, 3.8) is 0 Å². The number of benzene rings is 2. The van der Waals surface area contributed by atoms with Crippen molar-refractivity contribution in [2.24, 2.45) is 5.41 Å². The Kier molecular flexibility index (Phi) is 9.44. The summed E-state index contributed by atoms with van der Waals surface area (Å²) < 4.78 is 23.6. The van der Waals surface area contributed by atoms with Crippen molar-refractivity contribution in [2.45, 2.75) is 65.6 Å². The summed E-state index contributed by atoms with van der Waals surface area (Å²) in [5, 5.41) is 19.9. The Bertz CT molecular complexity index is 755. The van der Waals surface area contributed by atoms with Gasteiger partial charge in [-0.3, -0.25) is 0 Å². The molecular formula is C27H40O6. The van der Waals surface area contributed by atoms with Gasteiger partial charge in [0.1, 0.15) is 47.4 Å². The Morgan fingerprint density at radius 1 is 0.576 bits per heavy atom. The highest BCUT2D eigenvalue weighted by Gasteiger charge is 2.31. The first kappa shape index (κ1) is 26.8. The maximum atomic E-state index is 9.97. The standard InChI is InChI=1S/C27H40O6/c1-7-25(3,4)32-23-13-9-21(10-14-23)30-19-27(17-28,18-29)20-31-22-11-15-24(16-12-22)33-26(5,6)8-2/h9-16,28-29H,7-8,17-20H2,1-6H3. The molecule has 0 fully saturated rings. The van der Waals surface area contributed by atoms with Crippen LogP contribution in [0.1, 0.15) is 54.4 Å². The third-order valence-electron chi connectivity index (χ3n) is 5.90. The lowest BCUT2D eigenvalue weighted by molar-refractivity contribution is -0.0187. The summed E-state index contributed by atoms with van der Waals surface area (Å²) in [5.74, 6) is 2.79. The molecule has 0 spiro atoms. The molecule has 184 valence electrons. The van der Waals surface area contributed by atoms with E-state index in [9.17, 15) is 10.2 Å². The zero-order valence-corrected chi connectivity index (χ0v) is 20.9. The van der Waals surface area contributed by atoms with E-state index in [-0.39, 0.29) is 37.6 Å². The molecule has 0 aliphatic rings. The van der Waals surface area contributed by atoms with Crippen molar-refractivity contribution < 1.29 is 29.2 Å². The van der Waals surface area contributed by atoms with Gasteiger partial charge in [-0.25, -0.2) is 0 Å². The van der Waals surface area contributed by atoms with Crippen LogP contribution in [-0.2, 0) is 0 Å². The van der Waals surface area contributed by atoms with Crippen molar-refractivity contribution in [2.75, 3.05) is 26.4 Å². The fourth-order valence-corrected chi connectivity index (χ4v) is 2.74. The van der Waals surface area contributed by atoms with Gasteiger partial charge in [0, 0.05) is 0 Å². The molecule has 0 amide bonds. The molecule has 6 heteroatoms. The van der Waals surface area contributed by atoms with Crippen molar-refractivity contribution in [3.8, 4) is 23.0 Å². The maximum Gasteiger partial charge on any atom is 0.120 e. The van der Waals surface area contributed by atoms with Gasteiger partial charge >= 0.3 is 0 Å². The number of hydrogen-bond acceptors (Lipinski definition) is 6. The van der Waals surface area contributed by atoms with E-state index in [4.69, 9.17) is 18.9 Å². The fourth-order valence-electron chi connectivity index (χ4n) is 2.74. The van der Waals surface area contributed by atoms with Crippen LogP contribution in [0.3, 0.4) is 0 Å². The van der Waals surface area contributed by atoms with Gasteiger partial charge in [0.15, 0.2) is 0 Å². The number of ether oxygens (including phenoxy) is 4. The lowest BCUT2D eigenvalue weighted by Gasteiger charge is -2.29. The van der Waals surface area contributed by atoms with E-state index in [0.29, 0.717) is 11.5 Å². The first-order chi connectivity index (χ1) is 15.6. The van der Waals surface area contributed by atoms with Crippen molar-refractivity contribution in [1.82, 2.24) is 0 Å². The zero-order valence-electron chi connectivity index (χ0n) is 20.9. The van der Waals surface area contributed by atoms with Crippen LogP contribution in [0.2, 0.25) is 0 Å². The zero-order chi connectivity index (χ0) is 24.5. The molecule has 0 atom stereocenters. The average molecular weight is 461 g/mol. The Morgan fingerprint density at radius 2 is 0.879 bits per heavy atom. The molecule has 0 saturated carbocycles. The molecule has 0 aromatic heterocycles. The monoisotopic (exact) mass is 460 g/mol. The molecule has 2 aromatic carbocycles. The number of rotatable bonds is 14. The lowest BCUT2D eigenvalue weighted by Crippen LogP contribution is -2.41. The van der Waals surface area contributed by atoms with Gasteiger partial charge in [-0.1, -0.05) is 13.8 Å². The first-order valence-corrected chi connectivity index (χ1v) is 11.6. The van der Waals surface area contributed by atoms with E-state index < -0.39 is 5.41 Å². The van der Waals surface area contributed by atoms with Gasteiger partial charge in [0.05, 0.1) is 18.6 Å². The van der Waals surface area contributed by atoms with Crippen LogP contribution in [-0.4, -0.2) is 47.8 Å². The van der Waals surface area contributed by atoms with Gasteiger partial charge in [0.2, 0.25) is 0 Å². The van der Waals surface area contributed by atoms with Crippen molar-refractivity contribution in [1.29, 1.82) is 0 Å². The quantitative estimate of drug-likeness (QED) is 0.401. The van der Waals surface area contributed by atoms with E-state index >= 15 is 0 Å².